The molecule has 0 unspecified atom stereocenters. The molecule has 100 valence electrons. The topological polar surface area (TPSA) is 69.6 Å². The highest BCUT2D eigenvalue weighted by Crippen LogP contribution is 2.25. The van der Waals surface area contributed by atoms with Crippen molar-refractivity contribution in [3.63, 3.8) is 0 Å². The van der Waals surface area contributed by atoms with E-state index in [4.69, 9.17) is 0 Å². The fourth-order valence-corrected chi connectivity index (χ4v) is 1.92. The fraction of sp³-hybridized carbons (Fsp3) is 0.500. The summed E-state index contributed by atoms with van der Waals surface area (Å²) >= 11 is 0. The lowest BCUT2D eigenvalue weighted by atomic mass is 9.92. The Morgan fingerprint density at radius 1 is 1.33 bits per heavy atom. The number of hydrogen-bond acceptors (Lipinski definition) is 3. The molecule has 0 amide bonds. The summed E-state index contributed by atoms with van der Waals surface area (Å²) in [6.07, 6.45) is 1.46. The third kappa shape index (κ3) is 3.01. The van der Waals surface area contributed by atoms with Gasteiger partial charge in [-0.05, 0) is 31.9 Å². The molecule has 0 saturated carbocycles. The smallest absolute Gasteiger partial charge is 0.337 e. The van der Waals surface area contributed by atoms with Crippen LogP contribution in [0.15, 0.2) is 18.2 Å². The van der Waals surface area contributed by atoms with Gasteiger partial charge < -0.3 is 15.5 Å². The van der Waals surface area contributed by atoms with Crippen molar-refractivity contribution in [2.24, 2.45) is 0 Å². The van der Waals surface area contributed by atoms with Gasteiger partial charge in [0.1, 0.15) is 0 Å². The summed E-state index contributed by atoms with van der Waals surface area (Å²) < 4.78 is 0. The molecule has 0 radical (unpaired) electrons. The second-order valence-electron chi connectivity index (χ2n) is 4.62. The zero-order valence-corrected chi connectivity index (χ0v) is 11.2. The molecule has 3 N–H and O–H groups in total. The third-order valence-corrected chi connectivity index (χ3v) is 3.46. The number of carboxylic acids is 1. The van der Waals surface area contributed by atoms with Gasteiger partial charge in [-0.2, -0.15) is 0 Å². The molecule has 1 aromatic rings. The van der Waals surface area contributed by atoms with Crippen molar-refractivity contribution >= 4 is 11.7 Å². The van der Waals surface area contributed by atoms with Crippen LogP contribution in [0.25, 0.3) is 0 Å². The Morgan fingerprint density at radius 3 is 2.39 bits per heavy atom. The molecule has 0 aromatic heterocycles. The SMILES string of the molecule is CCC(CC)(CO)Nc1ccc(C)cc1C(=O)O. The van der Waals surface area contributed by atoms with Crippen LogP contribution >= 0.6 is 0 Å². The summed E-state index contributed by atoms with van der Waals surface area (Å²) in [6.45, 7) is 5.78. The Labute approximate surface area is 108 Å². The van der Waals surface area contributed by atoms with E-state index in [-0.39, 0.29) is 12.2 Å². The minimum Gasteiger partial charge on any atom is -0.478 e. The molecule has 0 aliphatic rings. The minimum atomic E-state index is -0.958. The molecule has 0 aliphatic carbocycles. The first kappa shape index (κ1) is 14.5. The van der Waals surface area contributed by atoms with E-state index < -0.39 is 11.5 Å². The molecule has 0 saturated heterocycles. The van der Waals surface area contributed by atoms with Crippen LogP contribution in [-0.2, 0) is 0 Å². The van der Waals surface area contributed by atoms with Crippen molar-refractivity contribution in [3.05, 3.63) is 29.3 Å². The van der Waals surface area contributed by atoms with Gasteiger partial charge in [0, 0.05) is 5.69 Å². The summed E-state index contributed by atoms with van der Waals surface area (Å²) in [6, 6.07) is 5.26. The van der Waals surface area contributed by atoms with Crippen LogP contribution in [0.1, 0.15) is 42.6 Å². The molecular formula is C14H21NO3. The van der Waals surface area contributed by atoms with Crippen LogP contribution < -0.4 is 5.32 Å². The first-order chi connectivity index (χ1) is 8.48. The number of hydrogen-bond donors (Lipinski definition) is 3. The van der Waals surface area contributed by atoms with Gasteiger partial charge in [0.15, 0.2) is 0 Å². The van der Waals surface area contributed by atoms with Gasteiger partial charge in [-0.3, -0.25) is 0 Å². The van der Waals surface area contributed by atoms with Crippen molar-refractivity contribution in [3.8, 4) is 0 Å². The van der Waals surface area contributed by atoms with E-state index in [0.717, 1.165) is 18.4 Å². The average molecular weight is 251 g/mol. The minimum absolute atomic E-state index is 0.0209. The van der Waals surface area contributed by atoms with Gasteiger partial charge in [-0.25, -0.2) is 4.79 Å². The lowest BCUT2D eigenvalue weighted by Gasteiger charge is -2.32. The molecule has 0 heterocycles. The van der Waals surface area contributed by atoms with Crippen molar-refractivity contribution in [2.45, 2.75) is 39.2 Å². The maximum absolute atomic E-state index is 11.2. The lowest BCUT2D eigenvalue weighted by molar-refractivity contribution is 0.0697. The van der Waals surface area contributed by atoms with E-state index in [1.807, 2.05) is 26.8 Å². The van der Waals surface area contributed by atoms with E-state index in [0.29, 0.717) is 5.69 Å². The monoisotopic (exact) mass is 251 g/mol. The summed E-state index contributed by atoms with van der Waals surface area (Å²) in [5, 5.41) is 21.9. The second kappa shape index (κ2) is 5.87. The van der Waals surface area contributed by atoms with E-state index in [1.54, 1.807) is 12.1 Å². The predicted octanol–water partition coefficient (Wildman–Crippen LogP) is 2.66. The summed E-state index contributed by atoms with van der Waals surface area (Å²) in [4.78, 5) is 11.2. The van der Waals surface area contributed by atoms with Crippen LogP contribution in [0.2, 0.25) is 0 Å². The lowest BCUT2D eigenvalue weighted by Crippen LogP contribution is -2.41. The highest BCUT2D eigenvalue weighted by Gasteiger charge is 2.26. The molecule has 4 heteroatoms. The molecule has 18 heavy (non-hydrogen) atoms. The molecule has 0 spiro atoms. The molecule has 0 bridgehead atoms. The van der Waals surface area contributed by atoms with Crippen molar-refractivity contribution < 1.29 is 15.0 Å². The Hall–Kier alpha value is -1.55. The molecule has 0 fully saturated rings. The Kier molecular flexibility index (Phi) is 4.73. The zero-order chi connectivity index (χ0) is 13.8. The number of aliphatic hydroxyl groups is 1. The number of aliphatic hydroxyl groups excluding tert-OH is 1. The van der Waals surface area contributed by atoms with E-state index in [1.165, 1.54) is 0 Å². The second-order valence-corrected chi connectivity index (χ2v) is 4.62. The number of anilines is 1. The Balaban J connectivity index is 3.13. The number of rotatable bonds is 6. The van der Waals surface area contributed by atoms with Gasteiger partial charge in [-0.1, -0.05) is 25.5 Å². The number of nitrogens with one attached hydrogen (secondary N) is 1. The zero-order valence-electron chi connectivity index (χ0n) is 11.2. The van der Waals surface area contributed by atoms with Gasteiger partial charge in [0.05, 0.1) is 17.7 Å². The first-order valence-corrected chi connectivity index (χ1v) is 6.21. The van der Waals surface area contributed by atoms with Crippen molar-refractivity contribution in [1.82, 2.24) is 0 Å². The number of carbonyl (C=O) groups is 1. The van der Waals surface area contributed by atoms with E-state index in [2.05, 4.69) is 5.32 Å². The van der Waals surface area contributed by atoms with Crippen molar-refractivity contribution in [1.29, 1.82) is 0 Å². The highest BCUT2D eigenvalue weighted by molar-refractivity contribution is 5.94. The molecule has 1 rings (SSSR count). The normalized spacial score (nSPS) is 11.3. The number of aryl methyl sites for hydroxylation is 1. The highest BCUT2D eigenvalue weighted by atomic mass is 16.4. The maximum atomic E-state index is 11.2. The fourth-order valence-electron chi connectivity index (χ4n) is 1.92. The number of carboxylic acid groups (broad SMARTS) is 1. The van der Waals surface area contributed by atoms with Crippen molar-refractivity contribution in [2.75, 3.05) is 11.9 Å². The molecule has 0 aliphatic heterocycles. The van der Waals surface area contributed by atoms with Crippen LogP contribution in [0.3, 0.4) is 0 Å². The summed E-state index contributed by atoms with van der Waals surface area (Å²) in [5.74, 6) is -0.958. The average Bonchev–Trinajstić information content (AvgIpc) is 2.37. The summed E-state index contributed by atoms with van der Waals surface area (Å²) in [5.41, 5.74) is 1.25. The number of benzene rings is 1. The van der Waals surface area contributed by atoms with Crippen LogP contribution in [0.4, 0.5) is 5.69 Å². The van der Waals surface area contributed by atoms with Crippen LogP contribution in [-0.4, -0.2) is 28.3 Å². The Bertz CT molecular complexity index is 417. The number of aromatic carboxylic acids is 1. The summed E-state index contributed by atoms with van der Waals surface area (Å²) in [7, 11) is 0. The molecule has 1 aromatic carbocycles. The van der Waals surface area contributed by atoms with E-state index in [9.17, 15) is 15.0 Å². The quantitative estimate of drug-likeness (QED) is 0.727. The van der Waals surface area contributed by atoms with Crippen LogP contribution in [0, 0.1) is 6.92 Å². The van der Waals surface area contributed by atoms with E-state index >= 15 is 0 Å². The largest absolute Gasteiger partial charge is 0.478 e. The predicted molar refractivity (Wildman–Crippen MR) is 72.2 cm³/mol. The van der Waals surface area contributed by atoms with Gasteiger partial charge in [0.2, 0.25) is 0 Å². The standard InChI is InChI=1S/C14H21NO3/c1-4-14(5-2,9-16)15-12-7-6-10(3)8-11(12)13(17)18/h6-8,15-16H,4-5,9H2,1-3H3,(H,17,18). The van der Waals surface area contributed by atoms with Gasteiger partial charge in [0.25, 0.3) is 0 Å². The maximum Gasteiger partial charge on any atom is 0.337 e. The third-order valence-electron chi connectivity index (χ3n) is 3.46. The molecule has 0 atom stereocenters. The molecular weight excluding hydrogens is 230 g/mol. The molecule has 4 nitrogen and oxygen atoms in total. The Morgan fingerprint density at radius 2 is 1.94 bits per heavy atom. The van der Waals surface area contributed by atoms with Gasteiger partial charge in [-0.15, -0.1) is 0 Å². The first-order valence-electron chi connectivity index (χ1n) is 6.21. The van der Waals surface area contributed by atoms with Crippen LogP contribution in [0.5, 0.6) is 0 Å². The van der Waals surface area contributed by atoms with Gasteiger partial charge >= 0.3 is 5.97 Å².